The SMILES string of the molecule is CCNC(=NCC(C)(C)c1ccccc1Cl)N1CCC(COCCOC)C1. The summed E-state index contributed by atoms with van der Waals surface area (Å²) in [4.78, 5) is 7.28. The molecule has 0 aromatic heterocycles. The lowest BCUT2D eigenvalue weighted by atomic mass is 9.85. The lowest BCUT2D eigenvalue weighted by Gasteiger charge is -2.27. The fraction of sp³-hybridized carbons (Fsp3) is 0.667. The number of rotatable bonds is 9. The molecule has 0 radical (unpaired) electrons. The summed E-state index contributed by atoms with van der Waals surface area (Å²) in [6, 6.07) is 8.04. The summed E-state index contributed by atoms with van der Waals surface area (Å²) >= 11 is 6.41. The number of hydrogen-bond acceptors (Lipinski definition) is 3. The van der Waals surface area contributed by atoms with Gasteiger partial charge in [0.15, 0.2) is 5.96 Å². The van der Waals surface area contributed by atoms with E-state index in [2.05, 4.69) is 37.1 Å². The van der Waals surface area contributed by atoms with E-state index in [-0.39, 0.29) is 5.41 Å². The number of benzene rings is 1. The van der Waals surface area contributed by atoms with Crippen LogP contribution in [0.25, 0.3) is 0 Å². The highest BCUT2D eigenvalue weighted by Crippen LogP contribution is 2.30. The Morgan fingerprint density at radius 3 is 2.81 bits per heavy atom. The summed E-state index contributed by atoms with van der Waals surface area (Å²) in [7, 11) is 1.70. The van der Waals surface area contributed by atoms with E-state index in [0.29, 0.717) is 25.7 Å². The quantitative estimate of drug-likeness (QED) is 0.394. The van der Waals surface area contributed by atoms with E-state index in [4.69, 9.17) is 26.1 Å². The van der Waals surface area contributed by atoms with Crippen LogP contribution in [0.15, 0.2) is 29.3 Å². The molecule has 1 aromatic rings. The van der Waals surface area contributed by atoms with Crippen molar-refractivity contribution in [3.63, 3.8) is 0 Å². The van der Waals surface area contributed by atoms with Gasteiger partial charge in [0.05, 0.1) is 26.4 Å². The largest absolute Gasteiger partial charge is 0.382 e. The highest BCUT2D eigenvalue weighted by atomic mass is 35.5. The summed E-state index contributed by atoms with van der Waals surface area (Å²) in [5.74, 6) is 1.53. The molecule has 1 aliphatic rings. The first kappa shape index (κ1) is 22.0. The van der Waals surface area contributed by atoms with Crippen LogP contribution >= 0.6 is 11.6 Å². The van der Waals surface area contributed by atoms with E-state index in [1.165, 1.54) is 0 Å². The zero-order valence-electron chi connectivity index (χ0n) is 17.1. The molecule has 1 aromatic carbocycles. The average molecular weight is 396 g/mol. The van der Waals surface area contributed by atoms with Crippen molar-refractivity contribution < 1.29 is 9.47 Å². The Hall–Kier alpha value is -1.30. The summed E-state index contributed by atoms with van der Waals surface area (Å²) < 4.78 is 10.7. The molecule has 1 N–H and O–H groups in total. The zero-order valence-corrected chi connectivity index (χ0v) is 17.9. The normalized spacial score (nSPS) is 18.2. The van der Waals surface area contributed by atoms with Crippen LogP contribution in [0.3, 0.4) is 0 Å². The van der Waals surface area contributed by atoms with Gasteiger partial charge in [-0.15, -0.1) is 0 Å². The molecule has 0 saturated carbocycles. The number of likely N-dealkylation sites (tertiary alicyclic amines) is 1. The van der Waals surface area contributed by atoms with Crippen molar-refractivity contribution in [3.8, 4) is 0 Å². The molecule has 0 spiro atoms. The number of methoxy groups -OCH3 is 1. The number of halogens is 1. The first-order chi connectivity index (χ1) is 13.0. The molecule has 152 valence electrons. The maximum absolute atomic E-state index is 6.41. The molecular formula is C21H34ClN3O2. The Balaban J connectivity index is 1.97. The van der Waals surface area contributed by atoms with E-state index in [0.717, 1.165) is 49.2 Å². The minimum atomic E-state index is -0.124. The molecule has 0 amide bonds. The van der Waals surface area contributed by atoms with Crippen molar-refractivity contribution in [3.05, 3.63) is 34.9 Å². The number of aliphatic imine (C=N–C) groups is 1. The van der Waals surface area contributed by atoms with Gasteiger partial charge in [0, 0.05) is 43.1 Å². The Kier molecular flexibility index (Phi) is 8.87. The highest BCUT2D eigenvalue weighted by molar-refractivity contribution is 6.31. The van der Waals surface area contributed by atoms with Crippen LogP contribution in [0.4, 0.5) is 0 Å². The van der Waals surface area contributed by atoms with Crippen LogP contribution in [-0.2, 0) is 14.9 Å². The van der Waals surface area contributed by atoms with Crippen molar-refractivity contribution in [2.45, 2.75) is 32.6 Å². The second kappa shape index (κ2) is 10.9. The summed E-state index contributed by atoms with van der Waals surface area (Å²) in [5.41, 5.74) is 1.01. The predicted molar refractivity (Wildman–Crippen MR) is 113 cm³/mol. The van der Waals surface area contributed by atoms with Crippen LogP contribution < -0.4 is 5.32 Å². The van der Waals surface area contributed by atoms with E-state index in [1.54, 1.807) is 7.11 Å². The molecule has 0 aliphatic carbocycles. The molecule has 1 fully saturated rings. The maximum atomic E-state index is 6.41. The molecule has 1 atom stereocenters. The first-order valence-electron chi connectivity index (χ1n) is 9.83. The van der Waals surface area contributed by atoms with Crippen molar-refractivity contribution in [2.75, 3.05) is 53.1 Å². The van der Waals surface area contributed by atoms with Crippen LogP contribution in [0.2, 0.25) is 5.02 Å². The number of hydrogen-bond donors (Lipinski definition) is 1. The molecular weight excluding hydrogens is 362 g/mol. The summed E-state index contributed by atoms with van der Waals surface area (Å²) in [5, 5.41) is 4.25. The molecule has 27 heavy (non-hydrogen) atoms. The Morgan fingerprint density at radius 1 is 1.33 bits per heavy atom. The molecule has 5 nitrogen and oxygen atoms in total. The standard InChI is InChI=1S/C21H34ClN3O2/c1-5-23-20(25-11-10-17(14-25)15-27-13-12-26-4)24-16-21(2,3)18-8-6-7-9-19(18)22/h6-9,17H,5,10-16H2,1-4H3,(H,23,24). The van der Waals surface area contributed by atoms with Crippen LogP contribution in [-0.4, -0.2) is 64.0 Å². The second-order valence-electron chi connectivity index (χ2n) is 7.70. The van der Waals surface area contributed by atoms with E-state index in [9.17, 15) is 0 Å². The molecule has 1 unspecified atom stereocenters. The fourth-order valence-electron chi connectivity index (χ4n) is 3.35. The highest BCUT2D eigenvalue weighted by Gasteiger charge is 2.27. The van der Waals surface area contributed by atoms with Crippen LogP contribution in [0.1, 0.15) is 32.8 Å². The summed E-state index contributed by atoms with van der Waals surface area (Å²) in [6.07, 6.45) is 1.13. The Morgan fingerprint density at radius 2 is 2.11 bits per heavy atom. The number of ether oxygens (including phenoxy) is 2. The molecule has 0 bridgehead atoms. The Bertz CT molecular complexity index is 607. The smallest absolute Gasteiger partial charge is 0.193 e. The monoisotopic (exact) mass is 395 g/mol. The zero-order chi connectivity index (χ0) is 19.7. The van der Waals surface area contributed by atoms with Gasteiger partial charge in [0.2, 0.25) is 0 Å². The third-order valence-electron chi connectivity index (χ3n) is 4.93. The number of nitrogens with zero attached hydrogens (tertiary/aromatic N) is 2. The third kappa shape index (κ3) is 6.66. The van der Waals surface area contributed by atoms with E-state index < -0.39 is 0 Å². The Labute approximate surface area is 169 Å². The number of guanidine groups is 1. The van der Waals surface area contributed by atoms with Gasteiger partial charge < -0.3 is 19.7 Å². The average Bonchev–Trinajstić information content (AvgIpc) is 3.11. The minimum Gasteiger partial charge on any atom is -0.382 e. The van der Waals surface area contributed by atoms with Gasteiger partial charge in [0.25, 0.3) is 0 Å². The van der Waals surface area contributed by atoms with Gasteiger partial charge in [-0.1, -0.05) is 43.6 Å². The lowest BCUT2D eigenvalue weighted by Crippen LogP contribution is -2.41. The van der Waals surface area contributed by atoms with Crippen molar-refractivity contribution in [1.82, 2.24) is 10.2 Å². The molecule has 1 heterocycles. The summed E-state index contributed by atoms with van der Waals surface area (Å²) in [6.45, 7) is 12.1. The van der Waals surface area contributed by atoms with Gasteiger partial charge in [-0.3, -0.25) is 4.99 Å². The lowest BCUT2D eigenvalue weighted by molar-refractivity contribution is 0.0536. The van der Waals surface area contributed by atoms with Gasteiger partial charge in [-0.05, 0) is 25.0 Å². The van der Waals surface area contributed by atoms with Crippen molar-refractivity contribution in [2.24, 2.45) is 10.9 Å². The first-order valence-corrected chi connectivity index (χ1v) is 10.2. The maximum Gasteiger partial charge on any atom is 0.193 e. The van der Waals surface area contributed by atoms with Gasteiger partial charge >= 0.3 is 0 Å². The fourth-order valence-corrected chi connectivity index (χ4v) is 3.74. The predicted octanol–water partition coefficient (Wildman–Crippen LogP) is 3.57. The van der Waals surface area contributed by atoms with Gasteiger partial charge in [-0.2, -0.15) is 0 Å². The minimum absolute atomic E-state index is 0.124. The van der Waals surface area contributed by atoms with Crippen molar-refractivity contribution in [1.29, 1.82) is 0 Å². The van der Waals surface area contributed by atoms with E-state index in [1.807, 2.05) is 18.2 Å². The van der Waals surface area contributed by atoms with Crippen molar-refractivity contribution >= 4 is 17.6 Å². The molecule has 2 rings (SSSR count). The number of nitrogens with one attached hydrogen (secondary N) is 1. The van der Waals surface area contributed by atoms with Crippen LogP contribution in [0, 0.1) is 5.92 Å². The van der Waals surface area contributed by atoms with Gasteiger partial charge in [-0.25, -0.2) is 0 Å². The van der Waals surface area contributed by atoms with Gasteiger partial charge in [0.1, 0.15) is 0 Å². The topological polar surface area (TPSA) is 46.1 Å². The second-order valence-corrected chi connectivity index (χ2v) is 8.11. The molecule has 1 saturated heterocycles. The van der Waals surface area contributed by atoms with E-state index >= 15 is 0 Å². The molecule has 6 heteroatoms. The van der Waals surface area contributed by atoms with Crippen LogP contribution in [0.5, 0.6) is 0 Å². The molecule has 1 aliphatic heterocycles. The third-order valence-corrected chi connectivity index (χ3v) is 5.26.